The monoisotopic (exact) mass is 159 g/mol. The van der Waals surface area contributed by atoms with Crippen LogP contribution < -0.4 is 11.3 Å². The predicted molar refractivity (Wildman–Crippen MR) is 44.8 cm³/mol. The number of nitrogens with one attached hydrogen (secondary N) is 1. The number of nitrogens with two attached hydrogens (primary N) is 1. The van der Waals surface area contributed by atoms with Crippen LogP contribution in [0.1, 0.15) is 20.3 Å². The molecule has 0 fully saturated rings. The Morgan fingerprint density at radius 3 is 2.64 bits per heavy atom. The van der Waals surface area contributed by atoms with Crippen LogP contribution in [0.3, 0.4) is 0 Å². The van der Waals surface area contributed by atoms with Crippen molar-refractivity contribution in [2.45, 2.75) is 20.3 Å². The zero-order chi connectivity index (χ0) is 8.85. The summed E-state index contributed by atoms with van der Waals surface area (Å²) in [5, 5.41) is 0. The van der Waals surface area contributed by atoms with E-state index in [2.05, 4.69) is 19.3 Å². The number of nitrogens with zero attached hydrogens (tertiary/aromatic N) is 1. The van der Waals surface area contributed by atoms with E-state index in [0.717, 1.165) is 13.0 Å². The van der Waals surface area contributed by atoms with Crippen LogP contribution in [-0.2, 0) is 0 Å². The topological polar surface area (TPSA) is 58.4 Å². The molecule has 0 bridgehead atoms. The zero-order valence-corrected chi connectivity index (χ0v) is 7.42. The van der Waals surface area contributed by atoms with Crippen LogP contribution in [0.5, 0.6) is 0 Å². The maximum Gasteiger partial charge on any atom is 0.331 e. The molecule has 0 aliphatic heterocycles. The molecule has 0 aliphatic rings. The molecule has 1 unspecified atom stereocenters. The highest BCUT2D eigenvalue weighted by molar-refractivity contribution is 5.72. The number of hydrogen-bond acceptors (Lipinski definition) is 2. The molecular weight excluding hydrogens is 142 g/mol. The van der Waals surface area contributed by atoms with E-state index in [1.165, 1.54) is 0 Å². The molecule has 0 radical (unpaired) electrons. The quantitative estimate of drug-likeness (QED) is 0.359. The Balaban J connectivity index is 3.67. The highest BCUT2D eigenvalue weighted by atomic mass is 16.2. The van der Waals surface area contributed by atoms with Gasteiger partial charge in [0.25, 0.3) is 0 Å². The lowest BCUT2D eigenvalue weighted by atomic mass is 10.1. The lowest BCUT2D eigenvalue weighted by Gasteiger charge is -2.19. The Labute approximate surface area is 67.7 Å². The molecular formula is C7H17N3O. The summed E-state index contributed by atoms with van der Waals surface area (Å²) in [6.07, 6.45) is 1.07. The molecule has 0 aromatic rings. The normalized spacial score (nSPS) is 12.4. The molecule has 2 amide bonds. The minimum atomic E-state index is -0.231. The average Bonchev–Trinajstić information content (AvgIpc) is 2.02. The minimum absolute atomic E-state index is 0.231. The maximum absolute atomic E-state index is 10.9. The van der Waals surface area contributed by atoms with Crippen LogP contribution in [0.4, 0.5) is 4.79 Å². The first-order valence-electron chi connectivity index (χ1n) is 3.83. The summed E-state index contributed by atoms with van der Waals surface area (Å²) < 4.78 is 0. The highest BCUT2D eigenvalue weighted by Gasteiger charge is 2.08. The first kappa shape index (κ1) is 10.2. The molecule has 1 atom stereocenters. The number of hydrazine groups is 1. The van der Waals surface area contributed by atoms with Gasteiger partial charge in [0.05, 0.1) is 0 Å². The van der Waals surface area contributed by atoms with Gasteiger partial charge in [-0.25, -0.2) is 10.6 Å². The fourth-order valence-electron chi connectivity index (χ4n) is 0.790. The van der Waals surface area contributed by atoms with Gasteiger partial charge >= 0.3 is 6.03 Å². The highest BCUT2D eigenvalue weighted by Crippen LogP contribution is 2.01. The molecule has 4 heteroatoms. The van der Waals surface area contributed by atoms with E-state index in [-0.39, 0.29) is 6.03 Å². The fraction of sp³-hybridized carbons (Fsp3) is 0.857. The molecule has 0 aromatic heterocycles. The number of amides is 2. The summed E-state index contributed by atoms with van der Waals surface area (Å²) in [5.74, 6) is 5.47. The lowest BCUT2D eigenvalue weighted by molar-refractivity contribution is 0.201. The van der Waals surface area contributed by atoms with E-state index in [1.54, 1.807) is 11.9 Å². The van der Waals surface area contributed by atoms with Gasteiger partial charge in [-0.1, -0.05) is 20.3 Å². The second-order valence-electron chi connectivity index (χ2n) is 2.84. The molecule has 11 heavy (non-hydrogen) atoms. The van der Waals surface area contributed by atoms with Gasteiger partial charge in [-0.3, -0.25) is 5.43 Å². The van der Waals surface area contributed by atoms with Crippen LogP contribution >= 0.6 is 0 Å². The zero-order valence-electron chi connectivity index (χ0n) is 7.42. The van der Waals surface area contributed by atoms with Crippen molar-refractivity contribution >= 4 is 6.03 Å². The van der Waals surface area contributed by atoms with Gasteiger partial charge in [0.15, 0.2) is 0 Å². The van der Waals surface area contributed by atoms with E-state index in [1.807, 2.05) is 0 Å². The SMILES string of the molecule is CCC(C)CN(C)C(=O)NN. The van der Waals surface area contributed by atoms with Crippen LogP contribution in [-0.4, -0.2) is 24.5 Å². The first-order valence-corrected chi connectivity index (χ1v) is 3.83. The van der Waals surface area contributed by atoms with Crippen LogP contribution in [0.25, 0.3) is 0 Å². The van der Waals surface area contributed by atoms with Gasteiger partial charge in [0.1, 0.15) is 0 Å². The second-order valence-corrected chi connectivity index (χ2v) is 2.84. The molecule has 0 aliphatic carbocycles. The molecule has 0 aromatic carbocycles. The Morgan fingerprint density at radius 1 is 1.73 bits per heavy atom. The molecule has 4 nitrogen and oxygen atoms in total. The molecule has 0 rings (SSSR count). The minimum Gasteiger partial charge on any atom is -0.327 e. The number of rotatable bonds is 3. The third kappa shape index (κ3) is 3.83. The molecule has 3 N–H and O–H groups in total. The molecule has 0 saturated heterocycles. The number of carbonyl (C=O) groups is 1. The van der Waals surface area contributed by atoms with Crippen molar-refractivity contribution in [3.8, 4) is 0 Å². The van der Waals surface area contributed by atoms with Gasteiger partial charge in [-0.05, 0) is 5.92 Å². The number of carbonyl (C=O) groups excluding carboxylic acids is 1. The van der Waals surface area contributed by atoms with Crippen LogP contribution in [0, 0.1) is 5.92 Å². The predicted octanol–water partition coefficient (Wildman–Crippen LogP) is 0.548. The van der Waals surface area contributed by atoms with Gasteiger partial charge in [-0.15, -0.1) is 0 Å². The number of hydrogen-bond donors (Lipinski definition) is 2. The number of urea groups is 1. The van der Waals surface area contributed by atoms with E-state index in [9.17, 15) is 4.79 Å². The summed E-state index contributed by atoms with van der Waals surface area (Å²) >= 11 is 0. The summed E-state index contributed by atoms with van der Waals surface area (Å²) in [6, 6.07) is -0.231. The van der Waals surface area contributed by atoms with Gasteiger partial charge in [0, 0.05) is 13.6 Å². The van der Waals surface area contributed by atoms with Crippen molar-refractivity contribution in [2.75, 3.05) is 13.6 Å². The Morgan fingerprint density at radius 2 is 2.27 bits per heavy atom. The Bertz CT molecular complexity index is 127. The third-order valence-corrected chi connectivity index (χ3v) is 1.75. The van der Waals surface area contributed by atoms with E-state index < -0.39 is 0 Å². The van der Waals surface area contributed by atoms with Gasteiger partial charge in [-0.2, -0.15) is 0 Å². The van der Waals surface area contributed by atoms with Crippen molar-refractivity contribution in [1.29, 1.82) is 0 Å². The molecule has 0 saturated carbocycles. The Hall–Kier alpha value is -0.770. The van der Waals surface area contributed by atoms with Gasteiger partial charge in [0.2, 0.25) is 0 Å². The summed E-state index contributed by atoms with van der Waals surface area (Å²) in [7, 11) is 1.73. The smallest absolute Gasteiger partial charge is 0.327 e. The molecule has 0 spiro atoms. The average molecular weight is 159 g/mol. The van der Waals surface area contributed by atoms with E-state index in [0.29, 0.717) is 5.92 Å². The lowest BCUT2D eigenvalue weighted by Crippen LogP contribution is -2.42. The second kappa shape index (κ2) is 4.96. The van der Waals surface area contributed by atoms with E-state index >= 15 is 0 Å². The van der Waals surface area contributed by atoms with Crippen LogP contribution in [0.15, 0.2) is 0 Å². The summed E-state index contributed by atoms with van der Waals surface area (Å²) in [6.45, 7) is 4.94. The van der Waals surface area contributed by atoms with E-state index in [4.69, 9.17) is 5.84 Å². The standard InChI is InChI=1S/C7H17N3O/c1-4-6(2)5-10(3)7(11)9-8/h6H,4-5,8H2,1-3H3,(H,9,11). The van der Waals surface area contributed by atoms with Gasteiger partial charge < -0.3 is 4.90 Å². The van der Waals surface area contributed by atoms with Crippen molar-refractivity contribution in [3.05, 3.63) is 0 Å². The first-order chi connectivity index (χ1) is 5.11. The fourth-order valence-corrected chi connectivity index (χ4v) is 0.790. The van der Waals surface area contributed by atoms with Crippen LogP contribution in [0.2, 0.25) is 0 Å². The molecule has 0 heterocycles. The van der Waals surface area contributed by atoms with Crippen molar-refractivity contribution < 1.29 is 4.79 Å². The van der Waals surface area contributed by atoms with Crippen molar-refractivity contribution in [3.63, 3.8) is 0 Å². The Kier molecular flexibility index (Phi) is 4.61. The maximum atomic E-state index is 10.9. The largest absolute Gasteiger partial charge is 0.331 e. The van der Waals surface area contributed by atoms with Crippen molar-refractivity contribution in [1.82, 2.24) is 10.3 Å². The molecule has 66 valence electrons. The summed E-state index contributed by atoms with van der Waals surface area (Å²) in [4.78, 5) is 12.4. The summed E-state index contributed by atoms with van der Waals surface area (Å²) in [5.41, 5.74) is 2.08. The third-order valence-electron chi connectivity index (χ3n) is 1.75. The van der Waals surface area contributed by atoms with Crippen molar-refractivity contribution in [2.24, 2.45) is 11.8 Å².